The lowest BCUT2D eigenvalue weighted by molar-refractivity contribution is 0.0689. The molecule has 0 spiro atoms. The second-order valence-electron chi connectivity index (χ2n) is 7.14. The molecule has 1 amide bonds. The summed E-state index contributed by atoms with van der Waals surface area (Å²) in [5.74, 6) is 0.305. The topological polar surface area (TPSA) is 88.8 Å². The van der Waals surface area contributed by atoms with E-state index < -0.39 is 11.5 Å². The van der Waals surface area contributed by atoms with Crippen LogP contribution in [-0.2, 0) is 6.42 Å². The van der Waals surface area contributed by atoms with Gasteiger partial charge in [-0.1, -0.05) is 44.2 Å². The van der Waals surface area contributed by atoms with E-state index in [1.54, 1.807) is 24.6 Å². The number of amides is 1. The van der Waals surface area contributed by atoms with Crippen LogP contribution in [0.1, 0.15) is 49.4 Å². The van der Waals surface area contributed by atoms with Crippen molar-refractivity contribution in [3.63, 3.8) is 0 Å². The molecule has 7 heteroatoms. The van der Waals surface area contributed by atoms with Crippen molar-refractivity contribution in [3.05, 3.63) is 59.5 Å². The zero-order valence-electron chi connectivity index (χ0n) is 17.8. The summed E-state index contributed by atoms with van der Waals surface area (Å²) in [4.78, 5) is 16.5. The molecule has 0 aliphatic carbocycles. The summed E-state index contributed by atoms with van der Waals surface area (Å²) >= 11 is 0. The summed E-state index contributed by atoms with van der Waals surface area (Å²) in [5, 5.41) is 16.6. The number of benzene rings is 1. The second kappa shape index (κ2) is 10.0. The molecule has 0 radical (unpaired) electrons. The van der Waals surface area contributed by atoms with Crippen molar-refractivity contribution in [1.82, 2.24) is 19.9 Å². The summed E-state index contributed by atoms with van der Waals surface area (Å²) in [5.41, 5.74) is 1.67. The lowest BCUT2D eigenvalue weighted by atomic mass is 10.1. The van der Waals surface area contributed by atoms with Gasteiger partial charge in [0.2, 0.25) is 5.82 Å². The molecule has 2 heterocycles. The number of aromatic nitrogens is 3. The maximum atomic E-state index is 12.2. The number of rotatable bonds is 7. The van der Waals surface area contributed by atoms with Crippen molar-refractivity contribution < 1.29 is 14.6 Å². The van der Waals surface area contributed by atoms with E-state index in [1.807, 2.05) is 45.0 Å². The monoisotopic (exact) mass is 398 g/mol. The van der Waals surface area contributed by atoms with E-state index in [2.05, 4.69) is 27.5 Å². The average molecular weight is 399 g/mol. The number of pyridine rings is 1. The summed E-state index contributed by atoms with van der Waals surface area (Å²) in [6, 6.07) is 12.0. The van der Waals surface area contributed by atoms with Gasteiger partial charge in [0.05, 0.1) is 18.4 Å². The SMILES string of the molecule is CC.Cc1cc(OCCc2ccccc2)cn2nc(C(=O)NCC(C)(C)O)nc12. The number of carbonyl (C=O) groups excluding carboxylic acids is 1. The van der Waals surface area contributed by atoms with Gasteiger partial charge in [0.1, 0.15) is 5.75 Å². The standard InChI is InChI=1S/C20H24N4O3.C2H6/c1-14-11-16(27-10-9-15-7-5-4-6-8-15)12-24-18(14)22-17(23-24)19(25)21-13-20(2,3)26;1-2/h4-8,11-12,26H,9-10,13H2,1-3H3,(H,21,25);1-2H3. The Morgan fingerprint density at radius 2 is 1.93 bits per heavy atom. The number of hydrogen-bond donors (Lipinski definition) is 2. The summed E-state index contributed by atoms with van der Waals surface area (Å²) in [6.07, 6.45) is 2.52. The summed E-state index contributed by atoms with van der Waals surface area (Å²) in [7, 11) is 0. The molecule has 0 bridgehead atoms. The minimum Gasteiger partial charge on any atom is -0.492 e. The van der Waals surface area contributed by atoms with Crippen molar-refractivity contribution >= 4 is 11.6 Å². The first-order valence-corrected chi connectivity index (χ1v) is 9.86. The molecule has 7 nitrogen and oxygen atoms in total. The van der Waals surface area contributed by atoms with Crippen LogP contribution in [-0.4, -0.2) is 44.4 Å². The number of hydrogen-bond acceptors (Lipinski definition) is 5. The molecule has 3 aromatic rings. The minimum atomic E-state index is -0.996. The van der Waals surface area contributed by atoms with Gasteiger partial charge in [0, 0.05) is 13.0 Å². The van der Waals surface area contributed by atoms with Gasteiger partial charge in [-0.15, -0.1) is 5.10 Å². The highest BCUT2D eigenvalue weighted by Crippen LogP contribution is 2.17. The van der Waals surface area contributed by atoms with Crippen molar-refractivity contribution in [2.75, 3.05) is 13.2 Å². The smallest absolute Gasteiger partial charge is 0.291 e. The van der Waals surface area contributed by atoms with Gasteiger partial charge >= 0.3 is 0 Å². The average Bonchev–Trinajstić information content (AvgIpc) is 3.13. The van der Waals surface area contributed by atoms with E-state index in [0.717, 1.165) is 12.0 Å². The molecule has 2 aromatic heterocycles. The van der Waals surface area contributed by atoms with Crippen LogP contribution >= 0.6 is 0 Å². The van der Waals surface area contributed by atoms with E-state index in [4.69, 9.17) is 4.74 Å². The second-order valence-corrected chi connectivity index (χ2v) is 7.14. The summed E-state index contributed by atoms with van der Waals surface area (Å²) in [6.45, 7) is 9.80. The van der Waals surface area contributed by atoms with E-state index >= 15 is 0 Å². The lowest BCUT2D eigenvalue weighted by Gasteiger charge is -2.16. The Morgan fingerprint density at radius 1 is 1.24 bits per heavy atom. The quantitative estimate of drug-likeness (QED) is 0.638. The van der Waals surface area contributed by atoms with Gasteiger partial charge in [-0.3, -0.25) is 4.79 Å². The molecular weight excluding hydrogens is 368 g/mol. The van der Waals surface area contributed by atoms with Gasteiger partial charge in [0.15, 0.2) is 5.65 Å². The molecule has 3 rings (SSSR count). The Morgan fingerprint density at radius 3 is 2.59 bits per heavy atom. The minimum absolute atomic E-state index is 0.0591. The lowest BCUT2D eigenvalue weighted by Crippen LogP contribution is -2.38. The molecule has 0 unspecified atom stereocenters. The number of fused-ring (bicyclic) bond motifs is 1. The number of ether oxygens (including phenoxy) is 1. The van der Waals surface area contributed by atoms with E-state index in [0.29, 0.717) is 18.0 Å². The van der Waals surface area contributed by atoms with Gasteiger partial charge < -0.3 is 15.2 Å². The number of carbonyl (C=O) groups is 1. The first-order chi connectivity index (χ1) is 13.8. The predicted octanol–water partition coefficient (Wildman–Crippen LogP) is 3.19. The Balaban J connectivity index is 0.00000145. The first kappa shape index (κ1) is 22.4. The van der Waals surface area contributed by atoms with Crippen LogP contribution in [0.4, 0.5) is 0 Å². The van der Waals surface area contributed by atoms with Crippen LogP contribution < -0.4 is 10.1 Å². The maximum absolute atomic E-state index is 12.2. The molecule has 156 valence electrons. The number of nitrogens with zero attached hydrogens (tertiary/aromatic N) is 3. The third-order valence-corrected chi connectivity index (χ3v) is 3.98. The largest absolute Gasteiger partial charge is 0.492 e. The van der Waals surface area contributed by atoms with E-state index in [9.17, 15) is 9.90 Å². The fraction of sp³-hybridized carbons (Fsp3) is 0.409. The molecule has 0 saturated carbocycles. The zero-order chi connectivity index (χ0) is 21.4. The number of aryl methyl sites for hydroxylation is 1. The number of aliphatic hydroxyl groups is 1. The van der Waals surface area contributed by atoms with Crippen molar-refractivity contribution in [3.8, 4) is 5.75 Å². The molecule has 2 N–H and O–H groups in total. The van der Waals surface area contributed by atoms with Crippen LogP contribution in [0.25, 0.3) is 5.65 Å². The van der Waals surface area contributed by atoms with Crippen LogP contribution in [0, 0.1) is 6.92 Å². The molecule has 0 atom stereocenters. The Hall–Kier alpha value is -2.93. The predicted molar refractivity (Wildman–Crippen MR) is 113 cm³/mol. The normalized spacial score (nSPS) is 11.0. The maximum Gasteiger partial charge on any atom is 0.291 e. The Kier molecular flexibility index (Phi) is 7.73. The van der Waals surface area contributed by atoms with Crippen molar-refractivity contribution in [2.45, 2.75) is 46.6 Å². The van der Waals surface area contributed by atoms with E-state index in [-0.39, 0.29) is 12.4 Å². The first-order valence-electron chi connectivity index (χ1n) is 9.86. The molecule has 0 saturated heterocycles. The van der Waals surface area contributed by atoms with Crippen molar-refractivity contribution in [1.29, 1.82) is 0 Å². The van der Waals surface area contributed by atoms with Crippen LogP contribution in [0.3, 0.4) is 0 Å². The van der Waals surface area contributed by atoms with Gasteiger partial charge in [-0.25, -0.2) is 9.50 Å². The highest BCUT2D eigenvalue weighted by Gasteiger charge is 2.18. The van der Waals surface area contributed by atoms with Gasteiger partial charge in [-0.05, 0) is 38.0 Å². The van der Waals surface area contributed by atoms with Gasteiger partial charge in [-0.2, -0.15) is 0 Å². The van der Waals surface area contributed by atoms with Crippen LogP contribution in [0.15, 0.2) is 42.6 Å². The summed E-state index contributed by atoms with van der Waals surface area (Å²) < 4.78 is 7.39. The highest BCUT2D eigenvalue weighted by atomic mass is 16.5. The zero-order valence-corrected chi connectivity index (χ0v) is 17.8. The molecule has 0 aliphatic rings. The van der Waals surface area contributed by atoms with E-state index in [1.165, 1.54) is 5.56 Å². The third kappa shape index (κ3) is 6.57. The van der Waals surface area contributed by atoms with Crippen molar-refractivity contribution in [2.24, 2.45) is 0 Å². The molecular formula is C22H30N4O3. The molecule has 1 aromatic carbocycles. The third-order valence-electron chi connectivity index (χ3n) is 3.98. The van der Waals surface area contributed by atoms with Gasteiger partial charge in [0.25, 0.3) is 5.91 Å². The van der Waals surface area contributed by atoms with Crippen LogP contribution in [0.2, 0.25) is 0 Å². The fourth-order valence-electron chi connectivity index (χ4n) is 2.60. The number of nitrogens with one attached hydrogen (secondary N) is 1. The Bertz CT molecular complexity index is 930. The highest BCUT2D eigenvalue weighted by molar-refractivity contribution is 5.91. The molecule has 29 heavy (non-hydrogen) atoms. The molecule has 0 aliphatic heterocycles. The van der Waals surface area contributed by atoms with Crippen LogP contribution in [0.5, 0.6) is 5.75 Å². The Labute approximate surface area is 171 Å². The fourth-order valence-corrected chi connectivity index (χ4v) is 2.60. The molecule has 0 fully saturated rings.